The Balaban J connectivity index is 2.19. The summed E-state index contributed by atoms with van der Waals surface area (Å²) in [5, 5.41) is 2.48. The van der Waals surface area contributed by atoms with Crippen LogP contribution in [0.5, 0.6) is 0 Å². The standard InChI is InChI=1S/C13H15FN2O4S/c1-15-13(18)10-3-2-4-11(6-10)16-7-9(5-12(16)17)8-21(14,19)20/h2-4,6,9H,5,7-8H2,1H3,(H,15,18). The number of hydrogen-bond donors (Lipinski definition) is 1. The summed E-state index contributed by atoms with van der Waals surface area (Å²) in [6.45, 7) is 0.124. The van der Waals surface area contributed by atoms with Gasteiger partial charge in [0, 0.05) is 37.2 Å². The van der Waals surface area contributed by atoms with E-state index in [0.29, 0.717) is 11.3 Å². The van der Waals surface area contributed by atoms with Crippen LogP contribution in [-0.2, 0) is 15.0 Å². The molecule has 0 radical (unpaired) electrons. The topological polar surface area (TPSA) is 83.6 Å². The molecule has 114 valence electrons. The van der Waals surface area contributed by atoms with Crippen LogP contribution in [0.3, 0.4) is 0 Å². The SMILES string of the molecule is CNC(=O)c1cccc(N2CC(CS(=O)(=O)F)CC2=O)c1. The summed E-state index contributed by atoms with van der Waals surface area (Å²) in [5.41, 5.74) is 0.893. The highest BCUT2D eigenvalue weighted by Gasteiger charge is 2.33. The molecule has 1 aromatic rings. The Labute approximate surface area is 122 Å². The van der Waals surface area contributed by atoms with Crippen molar-refractivity contribution in [2.24, 2.45) is 5.92 Å². The molecule has 1 atom stereocenters. The van der Waals surface area contributed by atoms with Gasteiger partial charge < -0.3 is 10.2 Å². The molecule has 1 aliphatic heterocycles. The van der Waals surface area contributed by atoms with Gasteiger partial charge in [0.2, 0.25) is 5.91 Å². The molecule has 0 spiro atoms. The Morgan fingerprint density at radius 3 is 2.81 bits per heavy atom. The van der Waals surface area contributed by atoms with E-state index in [1.165, 1.54) is 11.9 Å². The van der Waals surface area contributed by atoms with Crippen molar-refractivity contribution in [3.63, 3.8) is 0 Å². The number of benzene rings is 1. The van der Waals surface area contributed by atoms with Crippen molar-refractivity contribution in [2.75, 3.05) is 24.2 Å². The number of carbonyl (C=O) groups is 2. The van der Waals surface area contributed by atoms with Crippen LogP contribution in [0.15, 0.2) is 24.3 Å². The third-order valence-corrected chi connectivity index (χ3v) is 4.16. The number of nitrogens with zero attached hydrogens (tertiary/aromatic N) is 1. The van der Waals surface area contributed by atoms with E-state index < -0.39 is 21.9 Å². The van der Waals surface area contributed by atoms with E-state index in [9.17, 15) is 21.9 Å². The molecule has 1 fully saturated rings. The van der Waals surface area contributed by atoms with Crippen LogP contribution in [0, 0.1) is 5.92 Å². The maximum Gasteiger partial charge on any atom is 0.302 e. The van der Waals surface area contributed by atoms with Crippen molar-refractivity contribution >= 4 is 27.7 Å². The first-order valence-corrected chi connectivity index (χ1v) is 7.90. The lowest BCUT2D eigenvalue weighted by atomic mass is 10.1. The minimum Gasteiger partial charge on any atom is -0.355 e. The quantitative estimate of drug-likeness (QED) is 0.829. The summed E-state index contributed by atoms with van der Waals surface area (Å²) >= 11 is 0. The number of rotatable bonds is 4. The molecule has 21 heavy (non-hydrogen) atoms. The van der Waals surface area contributed by atoms with Gasteiger partial charge in [0.15, 0.2) is 0 Å². The fraction of sp³-hybridized carbons (Fsp3) is 0.385. The molecule has 2 amide bonds. The summed E-state index contributed by atoms with van der Waals surface area (Å²) in [7, 11) is -3.11. The number of hydrogen-bond acceptors (Lipinski definition) is 4. The predicted octanol–water partition coefficient (Wildman–Crippen LogP) is 0.698. The molecule has 6 nitrogen and oxygen atoms in total. The largest absolute Gasteiger partial charge is 0.355 e. The van der Waals surface area contributed by atoms with Crippen LogP contribution in [0.2, 0.25) is 0 Å². The van der Waals surface area contributed by atoms with Crippen molar-refractivity contribution in [2.45, 2.75) is 6.42 Å². The second-order valence-electron chi connectivity index (χ2n) is 4.91. The molecule has 8 heteroatoms. The fourth-order valence-electron chi connectivity index (χ4n) is 2.38. The summed E-state index contributed by atoms with van der Waals surface area (Å²) in [5.74, 6) is -1.80. The highest BCUT2D eigenvalue weighted by atomic mass is 32.3. The summed E-state index contributed by atoms with van der Waals surface area (Å²) in [4.78, 5) is 24.9. The van der Waals surface area contributed by atoms with Gasteiger partial charge in [-0.2, -0.15) is 8.42 Å². The van der Waals surface area contributed by atoms with Gasteiger partial charge in [0.05, 0.1) is 5.75 Å². The number of nitrogens with one attached hydrogen (secondary N) is 1. The molecule has 1 saturated heterocycles. The van der Waals surface area contributed by atoms with Gasteiger partial charge in [0.1, 0.15) is 0 Å². The van der Waals surface area contributed by atoms with E-state index in [1.54, 1.807) is 24.3 Å². The molecule has 1 aliphatic rings. The third-order valence-electron chi connectivity index (χ3n) is 3.29. The molecule has 0 saturated carbocycles. The first-order chi connectivity index (χ1) is 9.80. The first kappa shape index (κ1) is 15.4. The van der Waals surface area contributed by atoms with E-state index in [0.717, 1.165) is 0 Å². The molecule has 0 aromatic heterocycles. The van der Waals surface area contributed by atoms with E-state index in [2.05, 4.69) is 5.32 Å². The van der Waals surface area contributed by atoms with Gasteiger partial charge >= 0.3 is 10.2 Å². The van der Waals surface area contributed by atoms with Gasteiger partial charge in [-0.15, -0.1) is 3.89 Å². The zero-order chi connectivity index (χ0) is 15.6. The number of amides is 2. The average Bonchev–Trinajstić information content (AvgIpc) is 2.76. The molecule has 1 N–H and O–H groups in total. The lowest BCUT2D eigenvalue weighted by molar-refractivity contribution is -0.117. The molecule has 1 aromatic carbocycles. The number of halogens is 1. The maximum atomic E-state index is 12.7. The lowest BCUT2D eigenvalue weighted by Crippen LogP contribution is -2.26. The lowest BCUT2D eigenvalue weighted by Gasteiger charge is -2.17. The maximum absolute atomic E-state index is 12.7. The molecular formula is C13H15FN2O4S. The van der Waals surface area contributed by atoms with Crippen molar-refractivity contribution in [3.8, 4) is 0 Å². The smallest absolute Gasteiger partial charge is 0.302 e. The van der Waals surface area contributed by atoms with Crippen LogP contribution in [0.1, 0.15) is 16.8 Å². The molecule has 1 heterocycles. The molecule has 0 bridgehead atoms. The van der Waals surface area contributed by atoms with Gasteiger partial charge in [0.25, 0.3) is 5.91 Å². The van der Waals surface area contributed by atoms with Gasteiger partial charge in [-0.05, 0) is 18.2 Å². The molecule has 0 aliphatic carbocycles. The normalized spacial score (nSPS) is 18.9. The highest BCUT2D eigenvalue weighted by molar-refractivity contribution is 7.86. The Morgan fingerprint density at radius 1 is 1.48 bits per heavy atom. The van der Waals surface area contributed by atoms with Crippen LogP contribution < -0.4 is 10.2 Å². The van der Waals surface area contributed by atoms with Crippen LogP contribution in [-0.4, -0.2) is 39.6 Å². The van der Waals surface area contributed by atoms with E-state index >= 15 is 0 Å². The second-order valence-corrected chi connectivity index (χ2v) is 6.32. The van der Waals surface area contributed by atoms with Crippen molar-refractivity contribution in [3.05, 3.63) is 29.8 Å². The highest BCUT2D eigenvalue weighted by Crippen LogP contribution is 2.26. The van der Waals surface area contributed by atoms with E-state index in [-0.39, 0.29) is 24.8 Å². The van der Waals surface area contributed by atoms with Crippen LogP contribution in [0.4, 0.5) is 9.57 Å². The first-order valence-electron chi connectivity index (χ1n) is 6.35. The zero-order valence-corrected chi connectivity index (χ0v) is 12.2. The Hall–Kier alpha value is -1.96. The molecular weight excluding hydrogens is 299 g/mol. The van der Waals surface area contributed by atoms with Gasteiger partial charge in [-0.3, -0.25) is 9.59 Å². The summed E-state index contributed by atoms with van der Waals surface area (Å²) in [6, 6.07) is 6.43. The summed E-state index contributed by atoms with van der Waals surface area (Å²) in [6.07, 6.45) is -0.0205. The Morgan fingerprint density at radius 2 is 2.19 bits per heavy atom. The Kier molecular flexibility index (Phi) is 4.26. The minimum absolute atomic E-state index is 0.0205. The van der Waals surface area contributed by atoms with E-state index in [1.807, 2.05) is 0 Å². The van der Waals surface area contributed by atoms with Crippen molar-refractivity contribution in [1.29, 1.82) is 0 Å². The minimum atomic E-state index is -4.61. The number of carbonyl (C=O) groups excluding carboxylic acids is 2. The predicted molar refractivity (Wildman–Crippen MR) is 75.2 cm³/mol. The summed E-state index contributed by atoms with van der Waals surface area (Å²) < 4.78 is 34.0. The molecule has 2 rings (SSSR count). The van der Waals surface area contributed by atoms with Gasteiger partial charge in [-0.1, -0.05) is 6.07 Å². The van der Waals surface area contributed by atoms with Gasteiger partial charge in [-0.25, -0.2) is 0 Å². The van der Waals surface area contributed by atoms with Crippen LogP contribution in [0.25, 0.3) is 0 Å². The average molecular weight is 314 g/mol. The van der Waals surface area contributed by atoms with Crippen molar-refractivity contribution in [1.82, 2.24) is 5.32 Å². The number of anilines is 1. The second kappa shape index (κ2) is 5.80. The Bertz CT molecular complexity index is 675. The van der Waals surface area contributed by atoms with Crippen LogP contribution >= 0.6 is 0 Å². The monoisotopic (exact) mass is 314 g/mol. The van der Waals surface area contributed by atoms with E-state index in [4.69, 9.17) is 0 Å². The fourth-order valence-corrected chi connectivity index (χ4v) is 3.17. The zero-order valence-electron chi connectivity index (χ0n) is 11.4. The molecule has 1 unspecified atom stereocenters. The third kappa shape index (κ3) is 3.78. The van der Waals surface area contributed by atoms with Crippen molar-refractivity contribution < 1.29 is 21.9 Å².